The third-order valence-electron chi connectivity index (χ3n) is 6.11. The second kappa shape index (κ2) is 5.98. The Hall–Kier alpha value is -0.860. The van der Waals surface area contributed by atoms with Crippen molar-refractivity contribution in [3.8, 4) is 0 Å². The zero-order valence-corrected chi connectivity index (χ0v) is 14.0. The van der Waals surface area contributed by atoms with Crippen LogP contribution in [0.5, 0.6) is 0 Å². The van der Waals surface area contributed by atoms with Crippen molar-refractivity contribution in [1.82, 2.24) is 5.32 Å². The molecule has 4 rings (SSSR count). The molecule has 2 nitrogen and oxygen atoms in total. The number of nitrogens with one attached hydrogen (secondary N) is 1. The van der Waals surface area contributed by atoms with Gasteiger partial charge >= 0.3 is 0 Å². The van der Waals surface area contributed by atoms with Crippen molar-refractivity contribution in [2.45, 2.75) is 69.9 Å². The first-order valence-corrected chi connectivity index (χ1v) is 9.20. The van der Waals surface area contributed by atoms with Crippen LogP contribution in [-0.4, -0.2) is 25.3 Å². The molecule has 2 aliphatic heterocycles. The minimum Gasteiger partial charge on any atom is -0.381 e. The number of piperidine rings is 1. The van der Waals surface area contributed by atoms with Crippen LogP contribution in [0.4, 0.5) is 0 Å². The summed E-state index contributed by atoms with van der Waals surface area (Å²) in [7, 11) is 0. The maximum atomic E-state index is 5.85. The second-order valence-corrected chi connectivity index (χ2v) is 7.60. The fraction of sp³-hybridized carbons (Fsp3) is 0.700. The summed E-state index contributed by atoms with van der Waals surface area (Å²) >= 11 is 0. The van der Waals surface area contributed by atoms with Crippen LogP contribution in [-0.2, 0) is 4.74 Å². The third-order valence-corrected chi connectivity index (χ3v) is 6.11. The summed E-state index contributed by atoms with van der Waals surface area (Å²) in [5.41, 5.74) is 4.69. The van der Waals surface area contributed by atoms with Crippen LogP contribution in [0.3, 0.4) is 0 Å². The SMILES string of the molecule is CCOC[C@H]1C2CCC(CC1c1ccc(C)c(C3CC3)c1)N2. The maximum absolute atomic E-state index is 5.85. The minimum atomic E-state index is 0.647. The Labute approximate surface area is 134 Å². The van der Waals surface area contributed by atoms with Gasteiger partial charge in [-0.2, -0.15) is 0 Å². The Kier molecular flexibility index (Phi) is 4.00. The van der Waals surface area contributed by atoms with Crippen molar-refractivity contribution in [3.63, 3.8) is 0 Å². The molecule has 120 valence electrons. The number of hydrogen-bond acceptors (Lipinski definition) is 2. The lowest BCUT2D eigenvalue weighted by Gasteiger charge is -2.38. The monoisotopic (exact) mass is 299 g/mol. The molecule has 2 bridgehead atoms. The van der Waals surface area contributed by atoms with Gasteiger partial charge in [-0.05, 0) is 74.5 Å². The molecule has 2 saturated heterocycles. The highest BCUT2D eigenvalue weighted by atomic mass is 16.5. The number of hydrogen-bond donors (Lipinski definition) is 1. The first kappa shape index (κ1) is 14.7. The minimum absolute atomic E-state index is 0.647. The highest BCUT2D eigenvalue weighted by molar-refractivity contribution is 5.38. The predicted molar refractivity (Wildman–Crippen MR) is 90.4 cm³/mol. The first-order chi connectivity index (χ1) is 10.8. The molecule has 22 heavy (non-hydrogen) atoms. The molecule has 3 fully saturated rings. The third kappa shape index (κ3) is 2.72. The van der Waals surface area contributed by atoms with Gasteiger partial charge in [0.25, 0.3) is 0 Å². The van der Waals surface area contributed by atoms with Crippen molar-refractivity contribution in [2.75, 3.05) is 13.2 Å². The molecule has 2 heteroatoms. The Morgan fingerprint density at radius 3 is 2.82 bits per heavy atom. The fourth-order valence-electron chi connectivity index (χ4n) is 4.73. The molecule has 0 aromatic heterocycles. The highest BCUT2D eigenvalue weighted by Gasteiger charge is 2.42. The van der Waals surface area contributed by atoms with Crippen molar-refractivity contribution in [1.29, 1.82) is 0 Å². The molecule has 1 N–H and O–H groups in total. The van der Waals surface area contributed by atoms with E-state index in [0.717, 1.165) is 25.2 Å². The van der Waals surface area contributed by atoms with Crippen LogP contribution in [0.2, 0.25) is 0 Å². The standard InChI is InChI=1S/C20H29NO/c1-3-22-12-19-18(11-16-8-9-20(19)21-16)15-5-4-13(2)17(10-15)14-6-7-14/h4-5,10,14,16,18-21H,3,6-9,11-12H2,1-2H3/t16?,18?,19-,20?/m1/s1. The molecule has 0 radical (unpaired) electrons. The number of ether oxygens (including phenoxy) is 1. The second-order valence-electron chi connectivity index (χ2n) is 7.60. The smallest absolute Gasteiger partial charge is 0.0514 e. The van der Waals surface area contributed by atoms with Crippen LogP contribution in [0.25, 0.3) is 0 Å². The number of fused-ring (bicyclic) bond motifs is 2. The zero-order valence-electron chi connectivity index (χ0n) is 14.0. The molecule has 0 spiro atoms. The van der Waals surface area contributed by atoms with Gasteiger partial charge in [-0.3, -0.25) is 0 Å². The van der Waals surface area contributed by atoms with E-state index in [-0.39, 0.29) is 0 Å². The first-order valence-electron chi connectivity index (χ1n) is 9.20. The van der Waals surface area contributed by atoms with Gasteiger partial charge in [-0.25, -0.2) is 0 Å². The van der Waals surface area contributed by atoms with Gasteiger partial charge in [0.1, 0.15) is 0 Å². The summed E-state index contributed by atoms with van der Waals surface area (Å²) in [6, 6.07) is 8.71. The number of benzene rings is 1. The molecule has 3 aliphatic rings. The molecule has 4 atom stereocenters. The summed E-state index contributed by atoms with van der Waals surface area (Å²) in [5, 5.41) is 3.83. The summed E-state index contributed by atoms with van der Waals surface area (Å²) < 4.78 is 5.85. The van der Waals surface area contributed by atoms with Crippen molar-refractivity contribution < 1.29 is 4.74 Å². The van der Waals surface area contributed by atoms with E-state index >= 15 is 0 Å². The van der Waals surface area contributed by atoms with E-state index in [2.05, 4.69) is 37.4 Å². The van der Waals surface area contributed by atoms with Crippen LogP contribution in [0, 0.1) is 12.8 Å². The average Bonchev–Trinajstić information content (AvgIpc) is 3.30. The zero-order chi connectivity index (χ0) is 15.1. The van der Waals surface area contributed by atoms with E-state index in [0.29, 0.717) is 17.9 Å². The van der Waals surface area contributed by atoms with Gasteiger partial charge in [-0.1, -0.05) is 18.2 Å². The van der Waals surface area contributed by atoms with Crippen molar-refractivity contribution >= 4 is 0 Å². The van der Waals surface area contributed by atoms with Gasteiger partial charge < -0.3 is 10.1 Å². The molecular weight excluding hydrogens is 270 g/mol. The van der Waals surface area contributed by atoms with E-state index in [1.54, 1.807) is 11.1 Å². The van der Waals surface area contributed by atoms with Crippen LogP contribution in [0.15, 0.2) is 18.2 Å². The topological polar surface area (TPSA) is 21.3 Å². The Balaban J connectivity index is 1.62. The summed E-state index contributed by atoms with van der Waals surface area (Å²) in [6.07, 6.45) is 6.76. The molecular formula is C20H29NO. The van der Waals surface area contributed by atoms with Crippen molar-refractivity contribution in [2.24, 2.45) is 5.92 Å². The van der Waals surface area contributed by atoms with E-state index in [1.165, 1.54) is 37.7 Å². The van der Waals surface area contributed by atoms with Gasteiger partial charge in [0.15, 0.2) is 0 Å². The average molecular weight is 299 g/mol. The largest absolute Gasteiger partial charge is 0.381 e. The quantitative estimate of drug-likeness (QED) is 0.882. The lowest BCUT2D eigenvalue weighted by molar-refractivity contribution is 0.0723. The van der Waals surface area contributed by atoms with Gasteiger partial charge in [-0.15, -0.1) is 0 Å². The summed E-state index contributed by atoms with van der Waals surface area (Å²) in [4.78, 5) is 0. The highest BCUT2D eigenvalue weighted by Crippen LogP contribution is 2.45. The van der Waals surface area contributed by atoms with E-state index in [9.17, 15) is 0 Å². The maximum Gasteiger partial charge on any atom is 0.0514 e. The summed E-state index contributed by atoms with van der Waals surface area (Å²) in [5.74, 6) is 2.18. The van der Waals surface area contributed by atoms with E-state index < -0.39 is 0 Å². The normalized spacial score (nSPS) is 34.1. The van der Waals surface area contributed by atoms with Crippen LogP contribution >= 0.6 is 0 Å². The molecule has 1 saturated carbocycles. The number of aryl methyl sites for hydroxylation is 1. The van der Waals surface area contributed by atoms with Gasteiger partial charge in [0.2, 0.25) is 0 Å². The van der Waals surface area contributed by atoms with E-state index in [1.807, 2.05) is 0 Å². The lowest BCUT2D eigenvalue weighted by Crippen LogP contribution is -2.46. The Bertz CT molecular complexity index is 537. The van der Waals surface area contributed by atoms with E-state index in [4.69, 9.17) is 4.74 Å². The Morgan fingerprint density at radius 2 is 2.05 bits per heavy atom. The molecule has 1 aromatic carbocycles. The van der Waals surface area contributed by atoms with Gasteiger partial charge in [0.05, 0.1) is 6.61 Å². The van der Waals surface area contributed by atoms with Crippen LogP contribution in [0.1, 0.15) is 67.6 Å². The molecule has 0 amide bonds. The Morgan fingerprint density at radius 1 is 1.18 bits per heavy atom. The van der Waals surface area contributed by atoms with Crippen molar-refractivity contribution in [3.05, 3.63) is 34.9 Å². The molecule has 1 aliphatic carbocycles. The molecule has 2 heterocycles. The molecule has 1 aromatic rings. The van der Waals surface area contributed by atoms with Gasteiger partial charge in [0, 0.05) is 24.6 Å². The number of rotatable bonds is 5. The predicted octanol–water partition coefficient (Wildman–Crippen LogP) is 4.13. The fourth-order valence-corrected chi connectivity index (χ4v) is 4.73. The lowest BCUT2D eigenvalue weighted by atomic mass is 9.76. The summed E-state index contributed by atoms with van der Waals surface area (Å²) in [6.45, 7) is 6.14. The van der Waals surface area contributed by atoms with Crippen LogP contribution < -0.4 is 5.32 Å². The molecule has 3 unspecified atom stereocenters.